The van der Waals surface area contributed by atoms with E-state index in [1.807, 2.05) is 12.1 Å². The van der Waals surface area contributed by atoms with Crippen molar-refractivity contribution in [2.75, 3.05) is 25.5 Å². The van der Waals surface area contributed by atoms with Crippen molar-refractivity contribution in [3.63, 3.8) is 0 Å². The third-order valence-electron chi connectivity index (χ3n) is 3.78. The quantitative estimate of drug-likeness (QED) is 0.740. The first-order chi connectivity index (χ1) is 12.0. The van der Waals surface area contributed by atoms with Gasteiger partial charge in [0.25, 0.3) is 5.91 Å². The van der Waals surface area contributed by atoms with Crippen molar-refractivity contribution in [1.29, 1.82) is 0 Å². The van der Waals surface area contributed by atoms with Gasteiger partial charge in [0.15, 0.2) is 0 Å². The minimum Gasteiger partial charge on any atom is -0.368 e. The van der Waals surface area contributed by atoms with Crippen LogP contribution in [0.2, 0.25) is 10.0 Å². The van der Waals surface area contributed by atoms with Crippen molar-refractivity contribution in [1.82, 2.24) is 14.9 Å². The zero-order valence-corrected chi connectivity index (χ0v) is 15.9. The predicted octanol–water partition coefficient (Wildman–Crippen LogP) is 4.31. The second-order valence-corrected chi connectivity index (χ2v) is 6.62. The van der Waals surface area contributed by atoms with Crippen LogP contribution in [-0.4, -0.2) is 40.9 Å². The number of halogens is 2. The van der Waals surface area contributed by atoms with Gasteiger partial charge >= 0.3 is 0 Å². The molecule has 7 heteroatoms. The molecule has 1 aromatic heterocycles. The van der Waals surface area contributed by atoms with Crippen LogP contribution in [0.3, 0.4) is 0 Å². The van der Waals surface area contributed by atoms with Crippen LogP contribution in [0.15, 0.2) is 30.6 Å². The Morgan fingerprint density at radius 2 is 2.04 bits per heavy atom. The normalized spacial score (nSPS) is 10.6. The summed E-state index contributed by atoms with van der Waals surface area (Å²) in [6.07, 6.45) is 5.83. The van der Waals surface area contributed by atoms with Gasteiger partial charge in [-0.15, -0.1) is 0 Å². The van der Waals surface area contributed by atoms with Gasteiger partial charge in [0.2, 0.25) is 0 Å². The summed E-state index contributed by atoms with van der Waals surface area (Å²) in [4.78, 5) is 22.3. The predicted molar refractivity (Wildman–Crippen MR) is 103 cm³/mol. The Morgan fingerprint density at radius 3 is 2.68 bits per heavy atom. The van der Waals surface area contributed by atoms with E-state index in [1.165, 1.54) is 6.20 Å². The highest BCUT2D eigenvalue weighted by molar-refractivity contribution is 6.35. The summed E-state index contributed by atoms with van der Waals surface area (Å²) in [6.45, 7) is 3.47. The number of nitrogens with zero attached hydrogens (tertiary/aromatic N) is 3. The molecule has 0 aliphatic heterocycles. The summed E-state index contributed by atoms with van der Waals surface area (Å²) in [6, 6.07) is 5.46. The topological polar surface area (TPSA) is 58.1 Å². The average Bonchev–Trinajstić information content (AvgIpc) is 2.61. The number of carbonyl (C=O) groups is 1. The number of benzene rings is 1. The summed E-state index contributed by atoms with van der Waals surface area (Å²) in [7, 11) is 1.78. The maximum Gasteiger partial charge on any atom is 0.273 e. The number of amides is 1. The molecule has 134 valence electrons. The van der Waals surface area contributed by atoms with Crippen molar-refractivity contribution >= 4 is 34.9 Å². The van der Waals surface area contributed by atoms with E-state index in [-0.39, 0.29) is 5.91 Å². The van der Waals surface area contributed by atoms with Gasteiger partial charge in [-0.25, -0.2) is 9.97 Å². The second kappa shape index (κ2) is 9.59. The number of carbonyl (C=O) groups excluding carboxylic acids is 1. The Balaban J connectivity index is 1.86. The molecule has 0 fully saturated rings. The van der Waals surface area contributed by atoms with Gasteiger partial charge in [-0.3, -0.25) is 4.79 Å². The van der Waals surface area contributed by atoms with E-state index < -0.39 is 0 Å². The first-order valence-corrected chi connectivity index (χ1v) is 9.02. The van der Waals surface area contributed by atoms with Gasteiger partial charge in [0, 0.05) is 30.2 Å². The van der Waals surface area contributed by atoms with Gasteiger partial charge in [-0.2, -0.15) is 0 Å². The Kier molecular flexibility index (Phi) is 7.47. The van der Waals surface area contributed by atoms with Crippen LogP contribution in [0.4, 0.5) is 5.82 Å². The number of rotatable bonds is 8. The number of aromatic nitrogens is 2. The number of anilines is 1. The molecule has 1 heterocycles. The van der Waals surface area contributed by atoms with Crippen LogP contribution in [0.5, 0.6) is 0 Å². The molecule has 1 N–H and O–H groups in total. The number of nitrogens with one attached hydrogen (secondary N) is 1. The first-order valence-electron chi connectivity index (χ1n) is 8.26. The van der Waals surface area contributed by atoms with Crippen LogP contribution in [-0.2, 0) is 6.42 Å². The summed E-state index contributed by atoms with van der Waals surface area (Å²) >= 11 is 12.0. The Labute approximate surface area is 158 Å². The lowest BCUT2D eigenvalue weighted by atomic mass is 10.1. The molecule has 5 nitrogen and oxygen atoms in total. The fourth-order valence-electron chi connectivity index (χ4n) is 2.27. The number of hydrogen-bond donors (Lipinski definition) is 1. The average molecular weight is 381 g/mol. The molecule has 2 rings (SSSR count). The smallest absolute Gasteiger partial charge is 0.273 e. The lowest BCUT2D eigenvalue weighted by Crippen LogP contribution is -2.28. The molecule has 25 heavy (non-hydrogen) atoms. The molecule has 0 bridgehead atoms. The molecule has 0 aliphatic rings. The monoisotopic (exact) mass is 380 g/mol. The molecule has 0 spiro atoms. The standard InChI is InChI=1S/C18H22Cl2N4O/c1-3-4-9-24(2)18(25)16-11-23-17(12-22-16)21-8-7-13-5-6-14(19)10-15(13)20/h5-6,10-12H,3-4,7-9H2,1-2H3,(H,21,23). The van der Waals surface area contributed by atoms with Crippen molar-refractivity contribution in [2.24, 2.45) is 0 Å². The Hall–Kier alpha value is -1.85. The van der Waals surface area contributed by atoms with Crippen LogP contribution < -0.4 is 5.32 Å². The molecular weight excluding hydrogens is 359 g/mol. The molecule has 0 saturated heterocycles. The van der Waals surface area contributed by atoms with E-state index in [0.717, 1.165) is 31.4 Å². The minimum absolute atomic E-state index is 0.111. The van der Waals surface area contributed by atoms with E-state index in [0.29, 0.717) is 28.1 Å². The lowest BCUT2D eigenvalue weighted by Gasteiger charge is -2.16. The molecule has 0 atom stereocenters. The minimum atomic E-state index is -0.111. The van der Waals surface area contributed by atoms with Gasteiger partial charge < -0.3 is 10.2 Å². The number of unbranched alkanes of at least 4 members (excludes halogenated alkanes) is 1. The highest BCUT2D eigenvalue weighted by Crippen LogP contribution is 2.21. The van der Waals surface area contributed by atoms with Crippen molar-refractivity contribution in [2.45, 2.75) is 26.2 Å². The Bertz CT molecular complexity index is 707. The van der Waals surface area contributed by atoms with Crippen LogP contribution in [0, 0.1) is 0 Å². The van der Waals surface area contributed by atoms with Crippen LogP contribution >= 0.6 is 23.2 Å². The highest BCUT2D eigenvalue weighted by Gasteiger charge is 2.13. The van der Waals surface area contributed by atoms with Gasteiger partial charge in [0.05, 0.1) is 12.4 Å². The molecule has 0 saturated carbocycles. The van der Waals surface area contributed by atoms with Gasteiger partial charge in [0.1, 0.15) is 11.5 Å². The van der Waals surface area contributed by atoms with Crippen molar-refractivity contribution in [3.05, 3.63) is 51.9 Å². The zero-order valence-electron chi connectivity index (χ0n) is 14.4. The maximum atomic E-state index is 12.2. The van der Waals surface area contributed by atoms with Crippen LogP contribution in [0.1, 0.15) is 35.8 Å². The molecule has 0 radical (unpaired) electrons. The van der Waals surface area contributed by atoms with Crippen molar-refractivity contribution in [3.8, 4) is 0 Å². The van der Waals surface area contributed by atoms with Gasteiger partial charge in [-0.05, 0) is 30.5 Å². The zero-order chi connectivity index (χ0) is 18.2. The molecule has 1 aromatic carbocycles. The second-order valence-electron chi connectivity index (χ2n) is 5.78. The first kappa shape index (κ1) is 19.5. The van der Waals surface area contributed by atoms with E-state index in [1.54, 1.807) is 24.2 Å². The fraction of sp³-hybridized carbons (Fsp3) is 0.389. The molecule has 2 aromatic rings. The summed E-state index contributed by atoms with van der Waals surface area (Å²) in [5.74, 6) is 0.512. The van der Waals surface area contributed by atoms with E-state index in [4.69, 9.17) is 23.2 Å². The molecule has 1 amide bonds. The van der Waals surface area contributed by atoms with Crippen LogP contribution in [0.25, 0.3) is 0 Å². The molecular formula is C18H22Cl2N4O. The summed E-state index contributed by atoms with van der Waals surface area (Å²) in [5.41, 5.74) is 1.36. The molecule has 0 aliphatic carbocycles. The third kappa shape index (κ3) is 5.87. The largest absolute Gasteiger partial charge is 0.368 e. The third-order valence-corrected chi connectivity index (χ3v) is 4.37. The Morgan fingerprint density at radius 1 is 1.24 bits per heavy atom. The number of hydrogen-bond acceptors (Lipinski definition) is 4. The van der Waals surface area contributed by atoms with E-state index in [9.17, 15) is 4.79 Å². The van der Waals surface area contributed by atoms with E-state index in [2.05, 4.69) is 22.2 Å². The highest BCUT2D eigenvalue weighted by atomic mass is 35.5. The lowest BCUT2D eigenvalue weighted by molar-refractivity contribution is 0.0787. The maximum absolute atomic E-state index is 12.2. The van der Waals surface area contributed by atoms with Crippen molar-refractivity contribution < 1.29 is 4.79 Å². The summed E-state index contributed by atoms with van der Waals surface area (Å²) < 4.78 is 0. The SMILES string of the molecule is CCCCN(C)C(=O)c1cnc(NCCc2ccc(Cl)cc2Cl)cn1. The fourth-order valence-corrected chi connectivity index (χ4v) is 2.77. The molecule has 0 unspecified atom stereocenters. The summed E-state index contributed by atoms with van der Waals surface area (Å²) in [5, 5.41) is 4.45. The van der Waals surface area contributed by atoms with Gasteiger partial charge in [-0.1, -0.05) is 42.6 Å². The van der Waals surface area contributed by atoms with E-state index >= 15 is 0 Å².